The summed E-state index contributed by atoms with van der Waals surface area (Å²) in [4.78, 5) is 11.6. The standard InChI is InChI=1S/C16H19NO2/c1-12(2)9-13(3)19-16(18)8-7-14-5-4-6-15(10-14)11-17/h4-8,10,12-13H,9H2,1-3H3. The van der Waals surface area contributed by atoms with Crippen LogP contribution < -0.4 is 0 Å². The van der Waals surface area contributed by atoms with Crippen LogP contribution in [0.5, 0.6) is 0 Å². The van der Waals surface area contributed by atoms with Gasteiger partial charge in [-0.2, -0.15) is 5.26 Å². The highest BCUT2D eigenvalue weighted by molar-refractivity contribution is 5.87. The zero-order chi connectivity index (χ0) is 14.3. The predicted octanol–water partition coefficient (Wildman–Crippen LogP) is 3.55. The summed E-state index contributed by atoms with van der Waals surface area (Å²) in [7, 11) is 0. The van der Waals surface area contributed by atoms with E-state index >= 15 is 0 Å². The van der Waals surface area contributed by atoms with Gasteiger partial charge in [0.15, 0.2) is 0 Å². The van der Waals surface area contributed by atoms with E-state index in [1.807, 2.05) is 13.0 Å². The number of ether oxygens (including phenoxy) is 1. The van der Waals surface area contributed by atoms with Crippen molar-refractivity contribution in [2.75, 3.05) is 0 Å². The summed E-state index contributed by atoms with van der Waals surface area (Å²) in [5, 5.41) is 8.78. The molecule has 1 unspecified atom stereocenters. The highest BCUT2D eigenvalue weighted by atomic mass is 16.5. The normalized spacial score (nSPS) is 12.4. The maximum absolute atomic E-state index is 11.6. The molecule has 3 nitrogen and oxygen atoms in total. The SMILES string of the molecule is CC(C)CC(C)OC(=O)C=Cc1cccc(C#N)c1. The molecule has 1 aromatic carbocycles. The number of carbonyl (C=O) groups is 1. The average molecular weight is 257 g/mol. The summed E-state index contributed by atoms with van der Waals surface area (Å²) in [6, 6.07) is 9.12. The lowest BCUT2D eigenvalue weighted by molar-refractivity contribution is -0.142. The molecule has 3 heteroatoms. The lowest BCUT2D eigenvalue weighted by Crippen LogP contribution is -2.15. The molecule has 1 atom stereocenters. The van der Waals surface area contributed by atoms with Gasteiger partial charge >= 0.3 is 5.97 Å². The van der Waals surface area contributed by atoms with Crippen LogP contribution in [0.4, 0.5) is 0 Å². The summed E-state index contributed by atoms with van der Waals surface area (Å²) in [6.45, 7) is 6.07. The molecule has 0 heterocycles. The van der Waals surface area contributed by atoms with Gasteiger partial charge in [-0.3, -0.25) is 0 Å². The Kier molecular flexibility index (Phi) is 5.81. The van der Waals surface area contributed by atoms with E-state index in [0.29, 0.717) is 11.5 Å². The molecule has 1 aromatic rings. The molecule has 0 saturated carbocycles. The van der Waals surface area contributed by atoms with E-state index < -0.39 is 0 Å². The van der Waals surface area contributed by atoms with E-state index in [0.717, 1.165) is 12.0 Å². The minimum absolute atomic E-state index is 0.0809. The van der Waals surface area contributed by atoms with Crippen LogP contribution in [0.2, 0.25) is 0 Å². The van der Waals surface area contributed by atoms with Crippen molar-refractivity contribution in [1.29, 1.82) is 5.26 Å². The lowest BCUT2D eigenvalue weighted by atomic mass is 10.1. The van der Waals surface area contributed by atoms with Crippen LogP contribution in [0.1, 0.15) is 38.3 Å². The molecule has 0 fully saturated rings. The number of carbonyl (C=O) groups excluding carboxylic acids is 1. The molecule has 0 amide bonds. The minimum atomic E-state index is -0.351. The Balaban J connectivity index is 2.56. The molecule has 0 spiro atoms. The Hall–Kier alpha value is -2.08. The second-order valence-corrected chi connectivity index (χ2v) is 4.95. The number of hydrogen-bond donors (Lipinski definition) is 0. The molecular formula is C16H19NO2. The molecule has 0 N–H and O–H groups in total. The summed E-state index contributed by atoms with van der Waals surface area (Å²) in [5.74, 6) is 0.148. The van der Waals surface area contributed by atoms with Crippen molar-refractivity contribution in [3.05, 3.63) is 41.5 Å². The summed E-state index contributed by atoms with van der Waals surface area (Å²) in [5.41, 5.74) is 1.39. The van der Waals surface area contributed by atoms with Crippen LogP contribution in [0.25, 0.3) is 6.08 Å². The number of nitrogens with zero attached hydrogens (tertiary/aromatic N) is 1. The third-order valence-corrected chi connectivity index (χ3v) is 2.55. The zero-order valence-corrected chi connectivity index (χ0v) is 11.6. The largest absolute Gasteiger partial charge is 0.460 e. The molecule has 0 aliphatic heterocycles. The van der Waals surface area contributed by atoms with Crippen molar-refractivity contribution in [3.8, 4) is 6.07 Å². The molecule has 100 valence electrons. The second kappa shape index (κ2) is 7.38. The molecule has 0 aliphatic rings. The molecule has 1 rings (SSSR count). The summed E-state index contributed by atoms with van der Waals surface area (Å²) < 4.78 is 5.25. The Morgan fingerprint density at radius 2 is 2.16 bits per heavy atom. The minimum Gasteiger partial charge on any atom is -0.460 e. The first-order valence-corrected chi connectivity index (χ1v) is 6.40. The Labute approximate surface area is 114 Å². The van der Waals surface area contributed by atoms with Crippen LogP contribution in [0, 0.1) is 17.2 Å². The first kappa shape index (κ1) is 15.0. The molecule has 0 radical (unpaired) electrons. The van der Waals surface area contributed by atoms with Gasteiger partial charge in [0.25, 0.3) is 0 Å². The Morgan fingerprint density at radius 3 is 2.79 bits per heavy atom. The van der Waals surface area contributed by atoms with E-state index in [1.54, 1.807) is 24.3 Å². The Morgan fingerprint density at radius 1 is 1.42 bits per heavy atom. The first-order chi connectivity index (χ1) is 9.01. The fraction of sp³-hybridized carbons (Fsp3) is 0.375. The summed E-state index contributed by atoms with van der Waals surface area (Å²) in [6.07, 6.45) is 3.82. The maximum atomic E-state index is 11.6. The number of nitriles is 1. The van der Waals surface area contributed by atoms with Crippen molar-refractivity contribution in [2.45, 2.75) is 33.3 Å². The fourth-order valence-corrected chi connectivity index (χ4v) is 1.83. The predicted molar refractivity (Wildman–Crippen MR) is 75.2 cm³/mol. The van der Waals surface area contributed by atoms with Gasteiger partial charge in [-0.1, -0.05) is 26.0 Å². The number of rotatable bonds is 5. The van der Waals surface area contributed by atoms with Gasteiger partial charge in [-0.05, 0) is 43.0 Å². The number of hydrogen-bond acceptors (Lipinski definition) is 3. The van der Waals surface area contributed by atoms with Gasteiger partial charge in [0, 0.05) is 6.08 Å². The molecule has 0 aromatic heterocycles. The van der Waals surface area contributed by atoms with Gasteiger partial charge in [-0.15, -0.1) is 0 Å². The molecular weight excluding hydrogens is 238 g/mol. The van der Waals surface area contributed by atoms with Crippen molar-refractivity contribution in [2.24, 2.45) is 5.92 Å². The van der Waals surface area contributed by atoms with E-state index in [4.69, 9.17) is 10.00 Å². The van der Waals surface area contributed by atoms with Gasteiger partial charge in [0.05, 0.1) is 17.7 Å². The molecule has 0 aliphatic carbocycles. The monoisotopic (exact) mass is 257 g/mol. The van der Waals surface area contributed by atoms with Crippen LogP contribution in [-0.2, 0) is 9.53 Å². The smallest absolute Gasteiger partial charge is 0.331 e. The topological polar surface area (TPSA) is 50.1 Å². The van der Waals surface area contributed by atoms with Crippen LogP contribution >= 0.6 is 0 Å². The molecule has 0 saturated heterocycles. The van der Waals surface area contributed by atoms with Gasteiger partial charge < -0.3 is 4.74 Å². The fourth-order valence-electron chi connectivity index (χ4n) is 1.83. The molecule has 0 bridgehead atoms. The van der Waals surface area contributed by atoms with Crippen molar-refractivity contribution in [1.82, 2.24) is 0 Å². The number of esters is 1. The quantitative estimate of drug-likeness (QED) is 0.598. The average Bonchev–Trinajstić information content (AvgIpc) is 2.35. The van der Waals surface area contributed by atoms with Crippen molar-refractivity contribution in [3.63, 3.8) is 0 Å². The highest BCUT2D eigenvalue weighted by Crippen LogP contribution is 2.09. The van der Waals surface area contributed by atoms with Gasteiger partial charge in [0.1, 0.15) is 0 Å². The third kappa shape index (κ3) is 5.87. The lowest BCUT2D eigenvalue weighted by Gasteiger charge is -2.13. The zero-order valence-electron chi connectivity index (χ0n) is 11.6. The van der Waals surface area contributed by atoms with Crippen LogP contribution in [-0.4, -0.2) is 12.1 Å². The van der Waals surface area contributed by atoms with Gasteiger partial charge in [0.2, 0.25) is 0 Å². The molecule has 19 heavy (non-hydrogen) atoms. The van der Waals surface area contributed by atoms with E-state index in [-0.39, 0.29) is 12.1 Å². The van der Waals surface area contributed by atoms with Crippen LogP contribution in [0.15, 0.2) is 30.3 Å². The van der Waals surface area contributed by atoms with Gasteiger partial charge in [-0.25, -0.2) is 4.79 Å². The van der Waals surface area contributed by atoms with E-state index in [9.17, 15) is 4.79 Å². The maximum Gasteiger partial charge on any atom is 0.331 e. The van der Waals surface area contributed by atoms with Crippen molar-refractivity contribution < 1.29 is 9.53 Å². The van der Waals surface area contributed by atoms with E-state index in [1.165, 1.54) is 6.08 Å². The second-order valence-electron chi connectivity index (χ2n) is 4.95. The Bertz CT molecular complexity index is 498. The first-order valence-electron chi connectivity index (χ1n) is 6.40. The highest BCUT2D eigenvalue weighted by Gasteiger charge is 2.08. The third-order valence-electron chi connectivity index (χ3n) is 2.55. The number of benzene rings is 1. The van der Waals surface area contributed by atoms with Crippen LogP contribution in [0.3, 0.4) is 0 Å². The van der Waals surface area contributed by atoms with Crippen molar-refractivity contribution >= 4 is 12.0 Å². The van der Waals surface area contributed by atoms with E-state index in [2.05, 4.69) is 19.9 Å². The summed E-state index contributed by atoms with van der Waals surface area (Å²) >= 11 is 0.